The van der Waals surface area contributed by atoms with E-state index in [-0.39, 0.29) is 11.8 Å². The summed E-state index contributed by atoms with van der Waals surface area (Å²) in [6.45, 7) is 8.40. The number of hydrogen-bond donors (Lipinski definition) is 1. The molecule has 1 N–H and O–H groups in total. The first kappa shape index (κ1) is 13.2. The summed E-state index contributed by atoms with van der Waals surface area (Å²) in [7, 11) is 0. The van der Waals surface area contributed by atoms with Gasteiger partial charge in [-0.2, -0.15) is 10.4 Å². The maximum absolute atomic E-state index is 12.3. The molecule has 0 aliphatic carbocycles. The lowest BCUT2D eigenvalue weighted by molar-refractivity contribution is 0.0751. The third kappa shape index (κ3) is 2.84. The van der Waals surface area contributed by atoms with Crippen molar-refractivity contribution in [1.29, 1.82) is 5.26 Å². The molecule has 1 rings (SSSR count). The topological polar surface area (TPSA) is 72.8 Å². The summed E-state index contributed by atoms with van der Waals surface area (Å²) in [5.41, 5.74) is 2.10. The first-order valence-electron chi connectivity index (χ1n) is 5.71. The van der Waals surface area contributed by atoms with E-state index in [2.05, 4.69) is 16.3 Å². The first-order chi connectivity index (χ1) is 8.01. The number of hydrogen-bond acceptors (Lipinski definition) is 3. The molecule has 5 heteroatoms. The summed E-state index contributed by atoms with van der Waals surface area (Å²) in [4.78, 5) is 14.0. The zero-order chi connectivity index (χ0) is 13.0. The molecule has 1 unspecified atom stereocenters. The monoisotopic (exact) mass is 234 g/mol. The molecule has 1 atom stereocenters. The van der Waals surface area contributed by atoms with Gasteiger partial charge in [-0.15, -0.1) is 0 Å². The van der Waals surface area contributed by atoms with Crippen LogP contribution < -0.4 is 0 Å². The lowest BCUT2D eigenvalue weighted by Crippen LogP contribution is -2.34. The van der Waals surface area contributed by atoms with Crippen LogP contribution in [0.5, 0.6) is 0 Å². The van der Waals surface area contributed by atoms with Crippen LogP contribution in [0.25, 0.3) is 0 Å². The van der Waals surface area contributed by atoms with Crippen LogP contribution >= 0.6 is 0 Å². The fourth-order valence-corrected chi connectivity index (χ4v) is 1.75. The standard InChI is InChI=1S/C12H18N4O/c1-5-16(7-8(2)6-13)12(17)11-9(3)14-15-10(11)4/h8H,5,7H2,1-4H3,(H,14,15). The highest BCUT2D eigenvalue weighted by Gasteiger charge is 2.21. The molecular formula is C12H18N4O. The molecule has 0 spiro atoms. The maximum atomic E-state index is 12.3. The molecule has 0 saturated heterocycles. The van der Waals surface area contributed by atoms with E-state index in [4.69, 9.17) is 5.26 Å². The van der Waals surface area contributed by atoms with Crippen molar-refractivity contribution in [1.82, 2.24) is 15.1 Å². The van der Waals surface area contributed by atoms with Gasteiger partial charge >= 0.3 is 0 Å². The summed E-state index contributed by atoms with van der Waals surface area (Å²) < 4.78 is 0. The van der Waals surface area contributed by atoms with E-state index in [0.717, 1.165) is 5.69 Å². The SMILES string of the molecule is CCN(CC(C)C#N)C(=O)c1c(C)n[nH]c1C. The van der Waals surface area contributed by atoms with Gasteiger partial charge in [0.1, 0.15) is 0 Å². The van der Waals surface area contributed by atoms with Crippen molar-refractivity contribution in [3.05, 3.63) is 17.0 Å². The Bertz CT molecular complexity index is 424. The Kier molecular flexibility index (Phi) is 4.27. The Morgan fingerprint density at radius 1 is 1.59 bits per heavy atom. The first-order valence-corrected chi connectivity index (χ1v) is 5.71. The van der Waals surface area contributed by atoms with Crippen molar-refractivity contribution < 1.29 is 4.79 Å². The minimum Gasteiger partial charge on any atom is -0.338 e. The van der Waals surface area contributed by atoms with Crippen molar-refractivity contribution >= 4 is 5.91 Å². The number of nitriles is 1. The number of rotatable bonds is 4. The Balaban J connectivity index is 2.91. The molecule has 17 heavy (non-hydrogen) atoms. The average molecular weight is 234 g/mol. The van der Waals surface area contributed by atoms with Crippen LogP contribution in [0, 0.1) is 31.1 Å². The summed E-state index contributed by atoms with van der Waals surface area (Å²) >= 11 is 0. The molecule has 1 heterocycles. The predicted octanol–water partition coefficient (Wildman–Crippen LogP) is 1.65. The highest BCUT2D eigenvalue weighted by molar-refractivity contribution is 5.96. The van der Waals surface area contributed by atoms with Gasteiger partial charge in [-0.1, -0.05) is 0 Å². The van der Waals surface area contributed by atoms with E-state index in [1.807, 2.05) is 20.8 Å². The number of nitrogens with zero attached hydrogens (tertiary/aromatic N) is 3. The van der Waals surface area contributed by atoms with Gasteiger partial charge < -0.3 is 4.90 Å². The second kappa shape index (κ2) is 5.48. The molecule has 0 aliphatic heterocycles. The Morgan fingerprint density at radius 3 is 2.65 bits per heavy atom. The molecular weight excluding hydrogens is 216 g/mol. The lowest BCUT2D eigenvalue weighted by atomic mass is 10.1. The van der Waals surface area contributed by atoms with E-state index in [1.54, 1.807) is 11.8 Å². The van der Waals surface area contributed by atoms with E-state index in [0.29, 0.717) is 24.3 Å². The molecule has 5 nitrogen and oxygen atoms in total. The Labute approximate surface area is 101 Å². The van der Waals surface area contributed by atoms with Crippen LogP contribution in [0.3, 0.4) is 0 Å². The van der Waals surface area contributed by atoms with Crippen LogP contribution in [0.1, 0.15) is 35.6 Å². The van der Waals surface area contributed by atoms with Crippen molar-refractivity contribution in [3.63, 3.8) is 0 Å². The third-order valence-electron chi connectivity index (χ3n) is 2.73. The third-order valence-corrected chi connectivity index (χ3v) is 2.73. The van der Waals surface area contributed by atoms with Crippen molar-refractivity contribution in [2.75, 3.05) is 13.1 Å². The lowest BCUT2D eigenvalue weighted by Gasteiger charge is -2.22. The second-order valence-electron chi connectivity index (χ2n) is 4.18. The fourth-order valence-electron chi connectivity index (χ4n) is 1.75. The van der Waals surface area contributed by atoms with E-state index in [1.165, 1.54) is 0 Å². The number of aryl methyl sites for hydroxylation is 2. The van der Waals surface area contributed by atoms with Crippen LogP contribution in [0.4, 0.5) is 0 Å². The Hall–Kier alpha value is -1.83. The van der Waals surface area contributed by atoms with E-state index < -0.39 is 0 Å². The zero-order valence-corrected chi connectivity index (χ0v) is 10.7. The van der Waals surface area contributed by atoms with Crippen LogP contribution in [-0.2, 0) is 0 Å². The normalized spacial score (nSPS) is 11.9. The van der Waals surface area contributed by atoms with Gasteiger partial charge in [0.05, 0.1) is 23.2 Å². The van der Waals surface area contributed by atoms with Gasteiger partial charge in [0.25, 0.3) is 5.91 Å². The molecule has 0 saturated carbocycles. The number of aromatic nitrogens is 2. The fraction of sp³-hybridized carbons (Fsp3) is 0.583. The second-order valence-corrected chi connectivity index (χ2v) is 4.18. The highest BCUT2D eigenvalue weighted by Crippen LogP contribution is 2.13. The quantitative estimate of drug-likeness (QED) is 0.860. The van der Waals surface area contributed by atoms with Crippen molar-refractivity contribution in [2.45, 2.75) is 27.7 Å². The summed E-state index contributed by atoms with van der Waals surface area (Å²) in [5.74, 6) is -0.218. The van der Waals surface area contributed by atoms with Crippen LogP contribution in [0.15, 0.2) is 0 Å². The largest absolute Gasteiger partial charge is 0.338 e. The van der Waals surface area contributed by atoms with Gasteiger partial charge in [0.2, 0.25) is 0 Å². The molecule has 0 aromatic carbocycles. The number of amides is 1. The predicted molar refractivity (Wildman–Crippen MR) is 64.4 cm³/mol. The summed E-state index contributed by atoms with van der Waals surface area (Å²) in [6, 6.07) is 2.14. The van der Waals surface area contributed by atoms with E-state index >= 15 is 0 Å². The molecule has 1 aromatic rings. The smallest absolute Gasteiger partial charge is 0.257 e. The van der Waals surface area contributed by atoms with Gasteiger partial charge in [-0.25, -0.2) is 0 Å². The molecule has 0 fully saturated rings. The number of aromatic amines is 1. The number of carbonyl (C=O) groups is 1. The minimum absolute atomic E-state index is 0.0571. The Morgan fingerprint density at radius 2 is 2.24 bits per heavy atom. The average Bonchev–Trinajstić information content (AvgIpc) is 2.64. The number of carbonyl (C=O) groups excluding carboxylic acids is 1. The number of H-pyrrole nitrogens is 1. The highest BCUT2D eigenvalue weighted by atomic mass is 16.2. The van der Waals surface area contributed by atoms with Crippen molar-refractivity contribution in [2.24, 2.45) is 5.92 Å². The maximum Gasteiger partial charge on any atom is 0.257 e. The molecule has 92 valence electrons. The zero-order valence-electron chi connectivity index (χ0n) is 10.7. The van der Waals surface area contributed by atoms with Crippen LogP contribution in [0.2, 0.25) is 0 Å². The van der Waals surface area contributed by atoms with E-state index in [9.17, 15) is 4.79 Å². The summed E-state index contributed by atoms with van der Waals surface area (Å²) in [5, 5.41) is 15.6. The minimum atomic E-state index is -0.161. The molecule has 0 aliphatic rings. The van der Waals surface area contributed by atoms with Gasteiger partial charge in [-0.05, 0) is 27.7 Å². The molecule has 0 radical (unpaired) electrons. The van der Waals surface area contributed by atoms with Gasteiger partial charge in [-0.3, -0.25) is 9.89 Å². The van der Waals surface area contributed by atoms with Crippen LogP contribution in [-0.4, -0.2) is 34.1 Å². The van der Waals surface area contributed by atoms with Gasteiger partial charge in [0.15, 0.2) is 0 Å². The van der Waals surface area contributed by atoms with Gasteiger partial charge in [0, 0.05) is 18.8 Å². The molecule has 1 amide bonds. The number of nitrogens with one attached hydrogen (secondary N) is 1. The molecule has 1 aromatic heterocycles. The molecule has 0 bridgehead atoms. The van der Waals surface area contributed by atoms with Crippen molar-refractivity contribution in [3.8, 4) is 6.07 Å². The summed E-state index contributed by atoms with van der Waals surface area (Å²) in [6.07, 6.45) is 0.